The molecule has 3 rings (SSSR count). The average molecular weight is 364 g/mol. The van der Waals surface area contributed by atoms with E-state index in [1.165, 1.54) is 19.2 Å². The van der Waals surface area contributed by atoms with Crippen molar-refractivity contribution in [1.82, 2.24) is 0 Å². The van der Waals surface area contributed by atoms with Crippen LogP contribution in [0, 0.1) is 5.82 Å². The number of nitrogens with one attached hydrogen (secondary N) is 1. The zero-order chi connectivity index (χ0) is 19.2. The third kappa shape index (κ3) is 4.44. The lowest BCUT2D eigenvalue weighted by atomic mass is 10.1. The minimum Gasteiger partial charge on any atom is -0.497 e. The van der Waals surface area contributed by atoms with Crippen LogP contribution in [-0.4, -0.2) is 20.1 Å². The number of methoxy groups -OCH3 is 1. The highest BCUT2D eigenvalue weighted by atomic mass is 19.1. The number of benzene rings is 3. The third-order valence-corrected chi connectivity index (χ3v) is 4.25. The molecule has 0 aliphatic heterocycles. The average Bonchev–Trinajstić information content (AvgIpc) is 2.68. The van der Waals surface area contributed by atoms with E-state index in [1.54, 1.807) is 12.1 Å². The number of hydrogen-bond donors (Lipinski definition) is 1. The molecule has 0 bridgehead atoms. The molecule has 0 atom stereocenters. The van der Waals surface area contributed by atoms with Gasteiger partial charge in [-0.25, -0.2) is 4.39 Å². The van der Waals surface area contributed by atoms with Crippen molar-refractivity contribution in [2.24, 2.45) is 0 Å². The zero-order valence-corrected chi connectivity index (χ0v) is 15.3. The second kappa shape index (κ2) is 8.36. The van der Waals surface area contributed by atoms with E-state index in [9.17, 15) is 9.18 Å². The molecule has 1 N–H and O–H groups in total. The maximum atomic E-state index is 14.2. The number of halogens is 1. The summed E-state index contributed by atoms with van der Waals surface area (Å²) in [5.74, 6) is -0.760. The van der Waals surface area contributed by atoms with E-state index < -0.39 is 11.7 Å². The number of ether oxygens (including phenoxy) is 1. The summed E-state index contributed by atoms with van der Waals surface area (Å²) in [6, 6.07) is 21.7. The van der Waals surface area contributed by atoms with Crippen molar-refractivity contribution >= 4 is 17.3 Å². The van der Waals surface area contributed by atoms with Crippen molar-refractivity contribution in [3.63, 3.8) is 0 Å². The molecular formula is C22H21FN2O2. The first-order chi connectivity index (χ1) is 13.1. The molecule has 3 aromatic carbocycles. The molecule has 4 nitrogen and oxygen atoms in total. The van der Waals surface area contributed by atoms with Crippen LogP contribution >= 0.6 is 0 Å². The molecule has 0 heterocycles. The van der Waals surface area contributed by atoms with Gasteiger partial charge in [-0.3, -0.25) is 4.79 Å². The van der Waals surface area contributed by atoms with Gasteiger partial charge in [0, 0.05) is 19.7 Å². The van der Waals surface area contributed by atoms with Crippen LogP contribution in [0.5, 0.6) is 5.75 Å². The summed E-state index contributed by atoms with van der Waals surface area (Å²) in [5.41, 5.74) is 2.60. The molecule has 0 aromatic heterocycles. The van der Waals surface area contributed by atoms with Crippen molar-refractivity contribution in [2.75, 3.05) is 24.4 Å². The SMILES string of the molecule is COc1ccc(C(=O)Nc2ccccc2N(C)Cc2ccccc2)c(F)c1. The summed E-state index contributed by atoms with van der Waals surface area (Å²) in [7, 11) is 3.40. The Labute approximate surface area is 158 Å². The van der Waals surface area contributed by atoms with Crippen molar-refractivity contribution in [3.05, 3.63) is 89.7 Å². The van der Waals surface area contributed by atoms with E-state index in [1.807, 2.05) is 60.5 Å². The summed E-state index contributed by atoms with van der Waals surface area (Å²) >= 11 is 0. The molecule has 3 aromatic rings. The Balaban J connectivity index is 1.80. The van der Waals surface area contributed by atoms with E-state index in [0.717, 1.165) is 11.3 Å². The van der Waals surface area contributed by atoms with E-state index in [-0.39, 0.29) is 5.56 Å². The minimum atomic E-state index is -0.623. The maximum Gasteiger partial charge on any atom is 0.258 e. The molecule has 0 fully saturated rings. The second-order valence-corrected chi connectivity index (χ2v) is 6.16. The molecule has 27 heavy (non-hydrogen) atoms. The monoisotopic (exact) mass is 364 g/mol. The molecule has 0 saturated heterocycles. The quantitative estimate of drug-likeness (QED) is 0.688. The first-order valence-corrected chi connectivity index (χ1v) is 8.57. The van der Waals surface area contributed by atoms with Gasteiger partial charge in [0.05, 0.1) is 24.0 Å². The lowest BCUT2D eigenvalue weighted by Crippen LogP contribution is -2.20. The first kappa shape index (κ1) is 18.5. The summed E-state index contributed by atoms with van der Waals surface area (Å²) in [6.07, 6.45) is 0. The van der Waals surface area contributed by atoms with Crippen LogP contribution in [0.15, 0.2) is 72.8 Å². The van der Waals surface area contributed by atoms with Gasteiger partial charge in [-0.2, -0.15) is 0 Å². The fraction of sp³-hybridized carbons (Fsp3) is 0.136. The zero-order valence-electron chi connectivity index (χ0n) is 15.3. The molecule has 0 aliphatic rings. The van der Waals surface area contributed by atoms with Crippen molar-refractivity contribution < 1.29 is 13.9 Å². The Morgan fingerprint density at radius 1 is 1.04 bits per heavy atom. The molecule has 0 saturated carbocycles. The smallest absolute Gasteiger partial charge is 0.258 e. The molecule has 0 radical (unpaired) electrons. The molecule has 5 heteroatoms. The van der Waals surface area contributed by atoms with Crippen LogP contribution in [0.25, 0.3) is 0 Å². The molecule has 138 valence electrons. The normalized spacial score (nSPS) is 10.3. The fourth-order valence-electron chi connectivity index (χ4n) is 2.85. The van der Waals surface area contributed by atoms with E-state index in [0.29, 0.717) is 18.0 Å². The second-order valence-electron chi connectivity index (χ2n) is 6.16. The van der Waals surface area contributed by atoms with Gasteiger partial charge in [0.15, 0.2) is 0 Å². The third-order valence-electron chi connectivity index (χ3n) is 4.25. The highest BCUT2D eigenvalue weighted by Gasteiger charge is 2.15. The molecule has 0 spiro atoms. The Kier molecular flexibility index (Phi) is 5.71. The largest absolute Gasteiger partial charge is 0.497 e. The highest BCUT2D eigenvalue weighted by molar-refractivity contribution is 6.06. The van der Waals surface area contributed by atoms with Gasteiger partial charge in [0.1, 0.15) is 11.6 Å². The van der Waals surface area contributed by atoms with Crippen molar-refractivity contribution in [2.45, 2.75) is 6.54 Å². The summed E-state index contributed by atoms with van der Waals surface area (Å²) < 4.78 is 19.2. The summed E-state index contributed by atoms with van der Waals surface area (Å²) in [4.78, 5) is 14.6. The molecule has 0 aliphatic carbocycles. The summed E-state index contributed by atoms with van der Waals surface area (Å²) in [6.45, 7) is 0.685. The van der Waals surface area contributed by atoms with E-state index in [2.05, 4.69) is 5.32 Å². The Morgan fingerprint density at radius 3 is 2.44 bits per heavy atom. The van der Waals surface area contributed by atoms with Crippen LogP contribution in [0.4, 0.5) is 15.8 Å². The highest BCUT2D eigenvalue weighted by Crippen LogP contribution is 2.27. The Bertz CT molecular complexity index is 929. The lowest BCUT2D eigenvalue weighted by molar-refractivity contribution is 0.102. The van der Waals surface area contributed by atoms with Crippen molar-refractivity contribution in [3.8, 4) is 5.75 Å². The van der Waals surface area contributed by atoms with Crippen LogP contribution in [0.3, 0.4) is 0 Å². The van der Waals surface area contributed by atoms with Gasteiger partial charge in [-0.15, -0.1) is 0 Å². The van der Waals surface area contributed by atoms with E-state index in [4.69, 9.17) is 4.74 Å². The number of hydrogen-bond acceptors (Lipinski definition) is 3. The van der Waals surface area contributed by atoms with Gasteiger partial charge in [0.2, 0.25) is 0 Å². The van der Waals surface area contributed by atoms with Crippen LogP contribution in [-0.2, 0) is 6.54 Å². The predicted octanol–water partition coefficient (Wildman–Crippen LogP) is 4.72. The van der Waals surface area contributed by atoms with Crippen LogP contribution < -0.4 is 15.0 Å². The first-order valence-electron chi connectivity index (χ1n) is 8.57. The van der Waals surface area contributed by atoms with Gasteiger partial charge < -0.3 is 15.0 Å². The van der Waals surface area contributed by atoms with Gasteiger partial charge >= 0.3 is 0 Å². The Hall–Kier alpha value is -3.34. The number of amides is 1. The number of carbonyl (C=O) groups excluding carboxylic acids is 1. The fourth-order valence-corrected chi connectivity index (χ4v) is 2.85. The molecular weight excluding hydrogens is 343 g/mol. The molecule has 0 unspecified atom stereocenters. The number of nitrogens with zero attached hydrogens (tertiary/aromatic N) is 1. The maximum absolute atomic E-state index is 14.2. The lowest BCUT2D eigenvalue weighted by Gasteiger charge is -2.23. The predicted molar refractivity (Wildman–Crippen MR) is 106 cm³/mol. The number of para-hydroxylation sites is 2. The number of carbonyl (C=O) groups is 1. The van der Waals surface area contributed by atoms with Gasteiger partial charge in [-0.05, 0) is 29.8 Å². The standard InChI is InChI=1S/C22H21FN2O2/c1-25(15-16-8-4-3-5-9-16)21-11-7-6-10-20(21)24-22(26)18-13-12-17(27-2)14-19(18)23/h3-14H,15H2,1-2H3,(H,24,26). The van der Waals surface area contributed by atoms with E-state index >= 15 is 0 Å². The van der Waals surface area contributed by atoms with Gasteiger partial charge in [-0.1, -0.05) is 42.5 Å². The van der Waals surface area contributed by atoms with Crippen molar-refractivity contribution in [1.29, 1.82) is 0 Å². The summed E-state index contributed by atoms with van der Waals surface area (Å²) in [5, 5.41) is 2.81. The molecule has 1 amide bonds. The van der Waals surface area contributed by atoms with Crippen LogP contribution in [0.1, 0.15) is 15.9 Å². The topological polar surface area (TPSA) is 41.6 Å². The van der Waals surface area contributed by atoms with Crippen LogP contribution in [0.2, 0.25) is 0 Å². The number of rotatable bonds is 6. The number of anilines is 2. The van der Waals surface area contributed by atoms with Gasteiger partial charge in [0.25, 0.3) is 5.91 Å². The minimum absolute atomic E-state index is 0.0312. The Morgan fingerprint density at radius 2 is 1.74 bits per heavy atom.